The van der Waals surface area contributed by atoms with Gasteiger partial charge in [-0.1, -0.05) is 12.1 Å². The van der Waals surface area contributed by atoms with Crippen molar-refractivity contribution >= 4 is 23.3 Å². The predicted octanol–water partition coefficient (Wildman–Crippen LogP) is 2.93. The summed E-state index contributed by atoms with van der Waals surface area (Å²) in [7, 11) is 0. The Morgan fingerprint density at radius 3 is 2.65 bits per heavy atom. The van der Waals surface area contributed by atoms with Crippen molar-refractivity contribution in [1.29, 1.82) is 0 Å². The maximum Gasteiger partial charge on any atom is 0.342 e. The van der Waals surface area contributed by atoms with Crippen LogP contribution in [-0.2, 0) is 9.53 Å². The quantitative estimate of drug-likeness (QED) is 0.461. The summed E-state index contributed by atoms with van der Waals surface area (Å²) in [5, 5.41) is 12.8. The van der Waals surface area contributed by atoms with Gasteiger partial charge in [0.25, 0.3) is 11.6 Å². The van der Waals surface area contributed by atoms with E-state index in [1.165, 1.54) is 6.07 Å². The molecule has 0 aromatic heterocycles. The fraction of sp³-hybridized carbons (Fsp3) is 0.176. The zero-order valence-corrected chi connectivity index (χ0v) is 13.7. The van der Waals surface area contributed by atoms with E-state index in [0.717, 1.165) is 18.2 Å². The van der Waals surface area contributed by atoms with Crippen molar-refractivity contribution < 1.29 is 28.4 Å². The molecule has 0 unspecified atom stereocenters. The Bertz CT molecular complexity index is 840. The molecule has 0 spiro atoms. The van der Waals surface area contributed by atoms with Crippen molar-refractivity contribution in [2.45, 2.75) is 6.92 Å². The van der Waals surface area contributed by atoms with Gasteiger partial charge >= 0.3 is 5.97 Å². The Hall–Kier alpha value is -3.49. The second kappa shape index (κ2) is 8.56. The number of rotatable bonds is 7. The van der Waals surface area contributed by atoms with Crippen LogP contribution in [0.3, 0.4) is 0 Å². The molecule has 0 aliphatic rings. The number of para-hydroxylation sites is 1. The van der Waals surface area contributed by atoms with Gasteiger partial charge < -0.3 is 14.8 Å². The van der Waals surface area contributed by atoms with Crippen molar-refractivity contribution in [3.05, 3.63) is 64.0 Å². The van der Waals surface area contributed by atoms with Crippen molar-refractivity contribution in [3.63, 3.8) is 0 Å². The number of carbonyl (C=O) groups is 2. The molecule has 0 aliphatic carbocycles. The number of nitro benzene ring substituents is 1. The van der Waals surface area contributed by atoms with Crippen LogP contribution < -0.4 is 10.1 Å². The number of carbonyl (C=O) groups excluding carboxylic acids is 2. The Kier molecular flexibility index (Phi) is 6.20. The normalized spacial score (nSPS) is 10.1. The molecule has 1 N–H and O–H groups in total. The molecule has 26 heavy (non-hydrogen) atoms. The van der Waals surface area contributed by atoms with Gasteiger partial charge in [0.1, 0.15) is 17.1 Å². The molecule has 2 aromatic rings. The molecular weight excluding hydrogens is 347 g/mol. The lowest BCUT2D eigenvalue weighted by molar-refractivity contribution is -0.384. The minimum atomic E-state index is -0.850. The van der Waals surface area contributed by atoms with E-state index in [-0.39, 0.29) is 16.9 Å². The average Bonchev–Trinajstić information content (AvgIpc) is 2.62. The highest BCUT2D eigenvalue weighted by molar-refractivity contribution is 5.97. The first kappa shape index (κ1) is 18.8. The highest BCUT2D eigenvalue weighted by Crippen LogP contribution is 2.21. The van der Waals surface area contributed by atoms with Crippen LogP contribution >= 0.6 is 0 Å². The molecule has 136 valence electrons. The van der Waals surface area contributed by atoms with Gasteiger partial charge in [-0.05, 0) is 25.1 Å². The number of anilines is 1. The fourth-order valence-electron chi connectivity index (χ4n) is 2.03. The van der Waals surface area contributed by atoms with E-state index in [4.69, 9.17) is 9.47 Å². The number of benzene rings is 2. The topological polar surface area (TPSA) is 108 Å². The monoisotopic (exact) mass is 362 g/mol. The molecule has 9 heteroatoms. The number of hydrogen-bond donors (Lipinski definition) is 1. The number of ether oxygens (including phenoxy) is 2. The summed E-state index contributed by atoms with van der Waals surface area (Å²) in [4.78, 5) is 33.9. The highest BCUT2D eigenvalue weighted by Gasteiger charge is 2.17. The van der Waals surface area contributed by atoms with E-state index < -0.39 is 29.2 Å². The van der Waals surface area contributed by atoms with E-state index in [1.54, 1.807) is 25.1 Å². The number of nitro groups is 1. The molecule has 2 aromatic carbocycles. The number of nitrogens with zero attached hydrogens (tertiary/aromatic N) is 1. The number of halogens is 1. The maximum absolute atomic E-state index is 13.6. The second-order valence-corrected chi connectivity index (χ2v) is 4.97. The minimum absolute atomic E-state index is 0.142. The SMILES string of the molecule is CCOc1ccccc1C(=O)OCC(=O)Nc1cc([N+](=O)[O-])ccc1F. The molecule has 0 bridgehead atoms. The molecule has 0 saturated carbocycles. The van der Waals surface area contributed by atoms with Gasteiger partial charge in [0.15, 0.2) is 6.61 Å². The van der Waals surface area contributed by atoms with Crippen molar-refractivity contribution in [1.82, 2.24) is 0 Å². The molecular formula is C17H15FN2O6. The fourth-order valence-corrected chi connectivity index (χ4v) is 2.03. The zero-order chi connectivity index (χ0) is 19.1. The molecule has 2 rings (SSSR count). The standard InChI is InChI=1S/C17H15FN2O6/c1-2-25-15-6-4-3-5-12(15)17(22)26-10-16(21)19-14-9-11(20(23)24)7-8-13(14)18/h3-9H,2,10H2,1H3,(H,19,21). The summed E-state index contributed by atoms with van der Waals surface area (Å²) in [6.45, 7) is 1.40. The van der Waals surface area contributed by atoms with Crippen LogP contribution in [0.15, 0.2) is 42.5 Å². The van der Waals surface area contributed by atoms with Gasteiger partial charge in [-0.2, -0.15) is 0 Å². The summed E-state index contributed by atoms with van der Waals surface area (Å²) in [5.74, 6) is -2.17. The summed E-state index contributed by atoms with van der Waals surface area (Å²) in [6, 6.07) is 9.05. The van der Waals surface area contributed by atoms with Crippen LogP contribution in [0.5, 0.6) is 5.75 Å². The summed E-state index contributed by atoms with van der Waals surface area (Å²) >= 11 is 0. The Balaban J connectivity index is 2.00. The number of non-ortho nitro benzene ring substituents is 1. The lowest BCUT2D eigenvalue weighted by Gasteiger charge is -2.10. The molecule has 0 aliphatic heterocycles. The summed E-state index contributed by atoms with van der Waals surface area (Å²) in [6.07, 6.45) is 0. The Morgan fingerprint density at radius 2 is 1.96 bits per heavy atom. The van der Waals surface area contributed by atoms with E-state index in [9.17, 15) is 24.1 Å². The predicted molar refractivity (Wildman–Crippen MR) is 89.6 cm³/mol. The number of esters is 1. The third kappa shape index (κ3) is 4.76. The number of amides is 1. The van der Waals surface area contributed by atoms with E-state index in [1.807, 2.05) is 0 Å². The van der Waals surface area contributed by atoms with E-state index in [0.29, 0.717) is 12.4 Å². The second-order valence-electron chi connectivity index (χ2n) is 4.97. The summed E-state index contributed by atoms with van der Waals surface area (Å²) < 4.78 is 23.8. The van der Waals surface area contributed by atoms with Gasteiger partial charge in [-0.25, -0.2) is 9.18 Å². The summed E-state index contributed by atoms with van der Waals surface area (Å²) in [5.41, 5.74) is -0.622. The first-order valence-corrected chi connectivity index (χ1v) is 7.55. The molecule has 0 fully saturated rings. The van der Waals surface area contributed by atoms with Crippen molar-refractivity contribution in [3.8, 4) is 5.75 Å². The smallest absolute Gasteiger partial charge is 0.342 e. The van der Waals surface area contributed by atoms with Gasteiger partial charge in [0.05, 0.1) is 17.2 Å². The first-order valence-electron chi connectivity index (χ1n) is 7.55. The van der Waals surface area contributed by atoms with Crippen LogP contribution in [0.25, 0.3) is 0 Å². The third-order valence-electron chi connectivity index (χ3n) is 3.18. The average molecular weight is 362 g/mol. The third-order valence-corrected chi connectivity index (χ3v) is 3.18. The maximum atomic E-state index is 13.6. The minimum Gasteiger partial charge on any atom is -0.493 e. The molecule has 0 radical (unpaired) electrons. The molecule has 8 nitrogen and oxygen atoms in total. The first-order chi connectivity index (χ1) is 12.4. The van der Waals surface area contributed by atoms with Crippen LogP contribution in [0.2, 0.25) is 0 Å². The molecule has 1 amide bonds. The Morgan fingerprint density at radius 1 is 1.23 bits per heavy atom. The van der Waals surface area contributed by atoms with Crippen LogP contribution in [0, 0.1) is 15.9 Å². The van der Waals surface area contributed by atoms with Crippen LogP contribution in [0.1, 0.15) is 17.3 Å². The molecule has 0 atom stereocenters. The van der Waals surface area contributed by atoms with Gasteiger partial charge in [-0.3, -0.25) is 14.9 Å². The lowest BCUT2D eigenvalue weighted by atomic mass is 10.2. The largest absolute Gasteiger partial charge is 0.493 e. The number of hydrogen-bond acceptors (Lipinski definition) is 6. The zero-order valence-electron chi connectivity index (χ0n) is 13.7. The van der Waals surface area contributed by atoms with Crippen LogP contribution in [0.4, 0.5) is 15.8 Å². The molecule has 0 saturated heterocycles. The van der Waals surface area contributed by atoms with Gasteiger partial charge in [0.2, 0.25) is 0 Å². The highest BCUT2D eigenvalue weighted by atomic mass is 19.1. The molecule has 0 heterocycles. The van der Waals surface area contributed by atoms with Crippen molar-refractivity contribution in [2.24, 2.45) is 0 Å². The van der Waals surface area contributed by atoms with E-state index >= 15 is 0 Å². The van der Waals surface area contributed by atoms with Gasteiger partial charge in [-0.15, -0.1) is 0 Å². The van der Waals surface area contributed by atoms with E-state index in [2.05, 4.69) is 5.32 Å². The van der Waals surface area contributed by atoms with Gasteiger partial charge in [0, 0.05) is 12.1 Å². The Labute approximate surface area is 147 Å². The van der Waals surface area contributed by atoms with Crippen LogP contribution in [-0.4, -0.2) is 30.0 Å². The van der Waals surface area contributed by atoms with Crippen molar-refractivity contribution in [2.75, 3.05) is 18.5 Å². The number of nitrogens with one attached hydrogen (secondary N) is 1. The lowest BCUT2D eigenvalue weighted by Crippen LogP contribution is -2.21.